The van der Waals surface area contributed by atoms with Gasteiger partial charge in [-0.3, -0.25) is 4.90 Å². The molecule has 2 aliphatic rings. The van der Waals surface area contributed by atoms with Crippen LogP contribution in [0.1, 0.15) is 38.0 Å². The minimum Gasteiger partial charge on any atom is -0.492 e. The van der Waals surface area contributed by atoms with E-state index in [0.717, 1.165) is 38.2 Å². The molecular formula is C18H21ClFN3O2. The molecular weight excluding hydrogens is 345 g/mol. The fourth-order valence-corrected chi connectivity index (χ4v) is 4.19. The van der Waals surface area contributed by atoms with E-state index in [9.17, 15) is 4.39 Å². The van der Waals surface area contributed by atoms with Crippen molar-refractivity contribution in [1.29, 1.82) is 0 Å². The van der Waals surface area contributed by atoms with Gasteiger partial charge in [0, 0.05) is 19.0 Å². The number of benzene rings is 1. The second-order valence-electron chi connectivity index (χ2n) is 6.71. The average Bonchev–Trinajstić information content (AvgIpc) is 3.14. The molecule has 1 aromatic heterocycles. The van der Waals surface area contributed by atoms with Crippen molar-refractivity contribution in [1.82, 2.24) is 15.1 Å². The van der Waals surface area contributed by atoms with Gasteiger partial charge in [-0.2, -0.15) is 0 Å². The molecule has 4 rings (SSSR count). The number of likely N-dealkylation sites (tertiary alicyclic amines) is 1. The maximum Gasteiger partial charge on any atom is 0.237 e. The standard InChI is InChI=1S/C18H21ClFN3O2/c1-2-16-21-22-17(25-16)18-7-5-12(18)6-8-23(18)9-10-24-13-3-4-14(19)15(20)11-13/h3-4,11-12H,2,5-10H2,1H3/t12-,18-/m0/s1. The summed E-state index contributed by atoms with van der Waals surface area (Å²) in [6.45, 7) is 4.22. The molecule has 1 aliphatic heterocycles. The topological polar surface area (TPSA) is 51.4 Å². The van der Waals surface area contributed by atoms with E-state index in [4.69, 9.17) is 20.8 Å². The molecule has 2 aromatic rings. The van der Waals surface area contributed by atoms with E-state index in [1.165, 1.54) is 18.6 Å². The van der Waals surface area contributed by atoms with Gasteiger partial charge in [0.2, 0.25) is 11.8 Å². The molecule has 0 radical (unpaired) electrons. The van der Waals surface area contributed by atoms with Crippen molar-refractivity contribution < 1.29 is 13.5 Å². The van der Waals surface area contributed by atoms with Crippen LogP contribution in [-0.2, 0) is 12.0 Å². The highest BCUT2D eigenvalue weighted by molar-refractivity contribution is 6.30. The predicted molar refractivity (Wildman–Crippen MR) is 91.2 cm³/mol. The average molecular weight is 366 g/mol. The van der Waals surface area contributed by atoms with Crippen LogP contribution >= 0.6 is 11.6 Å². The molecule has 0 unspecified atom stereocenters. The van der Waals surface area contributed by atoms with Gasteiger partial charge in [0.05, 0.1) is 5.02 Å². The molecule has 1 saturated heterocycles. The molecule has 0 spiro atoms. The number of rotatable bonds is 6. The van der Waals surface area contributed by atoms with Crippen LogP contribution in [0.4, 0.5) is 4.39 Å². The molecule has 134 valence electrons. The van der Waals surface area contributed by atoms with E-state index in [0.29, 0.717) is 24.2 Å². The predicted octanol–water partition coefficient (Wildman–Crippen LogP) is 3.81. The first kappa shape index (κ1) is 16.8. The van der Waals surface area contributed by atoms with Gasteiger partial charge in [-0.05, 0) is 43.9 Å². The van der Waals surface area contributed by atoms with Gasteiger partial charge in [0.25, 0.3) is 0 Å². The number of ether oxygens (including phenoxy) is 1. The molecule has 0 N–H and O–H groups in total. The van der Waals surface area contributed by atoms with E-state index in [1.54, 1.807) is 6.07 Å². The van der Waals surface area contributed by atoms with E-state index < -0.39 is 5.82 Å². The van der Waals surface area contributed by atoms with Crippen LogP contribution in [0.3, 0.4) is 0 Å². The lowest BCUT2D eigenvalue weighted by Gasteiger charge is -2.47. The normalized spacial score (nSPS) is 25.6. The Hall–Kier alpha value is -1.66. The van der Waals surface area contributed by atoms with E-state index in [1.807, 2.05) is 6.92 Å². The highest BCUT2D eigenvalue weighted by atomic mass is 35.5. The quantitative estimate of drug-likeness (QED) is 0.779. The fourth-order valence-electron chi connectivity index (χ4n) is 4.07. The zero-order valence-electron chi connectivity index (χ0n) is 14.2. The second kappa shape index (κ2) is 6.57. The van der Waals surface area contributed by atoms with E-state index in [2.05, 4.69) is 15.1 Å². The van der Waals surface area contributed by atoms with Crippen LogP contribution in [0.25, 0.3) is 0 Å². The first-order chi connectivity index (χ1) is 12.1. The molecule has 25 heavy (non-hydrogen) atoms. The van der Waals surface area contributed by atoms with Crippen LogP contribution in [0, 0.1) is 11.7 Å². The highest BCUT2D eigenvalue weighted by Gasteiger charge is 2.59. The van der Waals surface area contributed by atoms with Gasteiger partial charge in [0.1, 0.15) is 23.7 Å². The van der Waals surface area contributed by atoms with Crippen LogP contribution in [0.5, 0.6) is 5.75 Å². The number of hydrogen-bond donors (Lipinski definition) is 0. The summed E-state index contributed by atoms with van der Waals surface area (Å²) >= 11 is 5.70. The SMILES string of the molecule is CCc1nnc([C@]23CC[C@H]2CCN3CCOc2ccc(Cl)c(F)c2)o1. The number of aromatic nitrogens is 2. The summed E-state index contributed by atoms with van der Waals surface area (Å²) < 4.78 is 25.1. The highest BCUT2D eigenvalue weighted by Crippen LogP contribution is 2.56. The lowest BCUT2D eigenvalue weighted by atomic mass is 9.67. The van der Waals surface area contributed by atoms with Gasteiger partial charge in [-0.25, -0.2) is 4.39 Å². The third kappa shape index (κ3) is 2.81. The third-order valence-corrected chi connectivity index (χ3v) is 5.83. The first-order valence-corrected chi connectivity index (χ1v) is 9.17. The molecule has 7 heteroatoms. The number of halogens is 2. The minimum atomic E-state index is -0.464. The number of hydrogen-bond acceptors (Lipinski definition) is 5. The van der Waals surface area contributed by atoms with Crippen molar-refractivity contribution in [3.05, 3.63) is 40.8 Å². The third-order valence-electron chi connectivity index (χ3n) is 5.52. The van der Waals surface area contributed by atoms with Crippen molar-refractivity contribution in [3.63, 3.8) is 0 Å². The second-order valence-corrected chi connectivity index (χ2v) is 7.12. The van der Waals surface area contributed by atoms with Gasteiger partial charge in [0.15, 0.2) is 0 Å². The van der Waals surface area contributed by atoms with Gasteiger partial charge < -0.3 is 9.15 Å². The van der Waals surface area contributed by atoms with E-state index in [-0.39, 0.29) is 10.6 Å². The van der Waals surface area contributed by atoms with Crippen LogP contribution in [0.15, 0.2) is 22.6 Å². The van der Waals surface area contributed by atoms with Crippen LogP contribution in [-0.4, -0.2) is 34.8 Å². The molecule has 1 aliphatic carbocycles. The van der Waals surface area contributed by atoms with Crippen LogP contribution in [0.2, 0.25) is 5.02 Å². The zero-order chi connectivity index (χ0) is 17.4. The molecule has 5 nitrogen and oxygen atoms in total. The lowest BCUT2D eigenvalue weighted by Crippen LogP contribution is -2.52. The summed E-state index contributed by atoms with van der Waals surface area (Å²) in [6.07, 6.45) is 4.13. The molecule has 1 saturated carbocycles. The van der Waals surface area contributed by atoms with Gasteiger partial charge in [-0.1, -0.05) is 18.5 Å². The Labute approximate surface area is 151 Å². The van der Waals surface area contributed by atoms with E-state index >= 15 is 0 Å². The Bertz CT molecular complexity index is 769. The summed E-state index contributed by atoms with van der Waals surface area (Å²) in [7, 11) is 0. The molecule has 2 fully saturated rings. The van der Waals surface area contributed by atoms with Crippen molar-refractivity contribution >= 4 is 11.6 Å². The minimum absolute atomic E-state index is 0.103. The number of aryl methyl sites for hydroxylation is 1. The Morgan fingerprint density at radius 2 is 2.28 bits per heavy atom. The smallest absolute Gasteiger partial charge is 0.237 e. The summed E-state index contributed by atoms with van der Waals surface area (Å²) in [5, 5.41) is 8.56. The van der Waals surface area contributed by atoms with Crippen molar-refractivity contribution in [2.24, 2.45) is 5.92 Å². The summed E-state index contributed by atoms with van der Waals surface area (Å²) in [5.41, 5.74) is -0.130. The largest absolute Gasteiger partial charge is 0.492 e. The summed E-state index contributed by atoms with van der Waals surface area (Å²) in [5.74, 6) is 2.04. The van der Waals surface area contributed by atoms with Crippen molar-refractivity contribution in [2.75, 3.05) is 19.7 Å². The molecule has 2 heterocycles. The Balaban J connectivity index is 1.43. The maximum atomic E-state index is 13.5. The molecule has 2 atom stereocenters. The lowest BCUT2D eigenvalue weighted by molar-refractivity contribution is -0.0167. The molecule has 0 bridgehead atoms. The Morgan fingerprint density at radius 1 is 1.40 bits per heavy atom. The molecule has 1 aromatic carbocycles. The first-order valence-electron chi connectivity index (χ1n) is 8.79. The molecule has 0 amide bonds. The van der Waals surface area contributed by atoms with Gasteiger partial charge in [-0.15, -0.1) is 10.2 Å². The number of nitrogens with zero attached hydrogens (tertiary/aromatic N) is 3. The van der Waals surface area contributed by atoms with Crippen molar-refractivity contribution in [3.8, 4) is 5.75 Å². The Morgan fingerprint density at radius 3 is 2.96 bits per heavy atom. The number of fused-ring (bicyclic) bond motifs is 1. The maximum absolute atomic E-state index is 13.5. The van der Waals surface area contributed by atoms with Gasteiger partial charge >= 0.3 is 0 Å². The summed E-state index contributed by atoms with van der Waals surface area (Å²) in [6, 6.07) is 4.51. The van der Waals surface area contributed by atoms with Crippen molar-refractivity contribution in [2.45, 2.75) is 38.1 Å². The monoisotopic (exact) mass is 365 g/mol. The Kier molecular flexibility index (Phi) is 4.41. The fraction of sp³-hybridized carbons (Fsp3) is 0.556. The summed E-state index contributed by atoms with van der Waals surface area (Å²) in [4.78, 5) is 2.39. The van der Waals surface area contributed by atoms with Crippen LogP contribution < -0.4 is 4.74 Å². The zero-order valence-corrected chi connectivity index (χ0v) is 14.9.